The van der Waals surface area contributed by atoms with E-state index in [1.165, 1.54) is 15.6 Å². The molecule has 0 radical (unpaired) electrons. The highest BCUT2D eigenvalue weighted by molar-refractivity contribution is 5.77. The van der Waals surface area contributed by atoms with Gasteiger partial charge >= 0.3 is 0 Å². The van der Waals surface area contributed by atoms with Crippen LogP contribution in [0, 0.1) is 6.92 Å². The van der Waals surface area contributed by atoms with Gasteiger partial charge in [0.1, 0.15) is 24.7 Å². The minimum atomic E-state index is -2.44. The summed E-state index contributed by atoms with van der Waals surface area (Å²) in [5.74, 6) is 1.62. The number of alkyl halides is 4. The quantitative estimate of drug-likeness (QED) is 0.382. The van der Waals surface area contributed by atoms with E-state index in [2.05, 4.69) is 30.1 Å². The molecule has 8 nitrogen and oxygen atoms in total. The molecule has 4 aromatic rings. The smallest absolute Gasteiger partial charge is 0.241 e. The zero-order chi connectivity index (χ0) is 24.3. The highest BCUT2D eigenvalue weighted by Gasteiger charge is 2.15. The van der Waals surface area contributed by atoms with Gasteiger partial charge in [-0.3, -0.25) is 0 Å². The van der Waals surface area contributed by atoms with Crippen LogP contribution in [0.4, 0.5) is 17.6 Å². The molecule has 178 valence electrons. The Kier molecular flexibility index (Phi) is 7.54. The van der Waals surface area contributed by atoms with Crippen LogP contribution in [0.15, 0.2) is 18.6 Å². The first-order valence-electron chi connectivity index (χ1n) is 10.5. The molecule has 4 aromatic heterocycles. The fraction of sp³-hybridized carbons (Fsp3) is 0.524. The summed E-state index contributed by atoms with van der Waals surface area (Å²) in [6, 6.07) is 0. The maximum atomic E-state index is 12.4. The van der Waals surface area contributed by atoms with Crippen molar-refractivity contribution in [2.24, 2.45) is 0 Å². The van der Waals surface area contributed by atoms with Crippen molar-refractivity contribution in [1.82, 2.24) is 39.5 Å². The van der Waals surface area contributed by atoms with Gasteiger partial charge in [-0.2, -0.15) is 10.2 Å². The normalized spacial score (nSPS) is 11.9. The highest BCUT2D eigenvalue weighted by Crippen LogP contribution is 2.19. The average Bonchev–Trinajstić information content (AvgIpc) is 3.27. The van der Waals surface area contributed by atoms with Gasteiger partial charge in [-0.15, -0.1) is 0 Å². The number of aryl methyl sites for hydroxylation is 1. The van der Waals surface area contributed by atoms with Crippen LogP contribution in [0.1, 0.15) is 56.9 Å². The van der Waals surface area contributed by atoms with Gasteiger partial charge in [0.05, 0.1) is 22.7 Å². The Morgan fingerprint density at radius 1 is 0.758 bits per heavy atom. The van der Waals surface area contributed by atoms with Gasteiger partial charge in [-0.25, -0.2) is 46.9 Å². The molecule has 0 saturated carbocycles. The van der Waals surface area contributed by atoms with E-state index in [4.69, 9.17) is 0 Å². The maximum absolute atomic E-state index is 12.4. The van der Waals surface area contributed by atoms with Crippen LogP contribution in [0.3, 0.4) is 0 Å². The molecule has 0 N–H and O–H groups in total. The molecule has 4 rings (SSSR count). The SMILES string of the molecule is CC(C)c1ncc2cnn(CC(F)F)c2n1.Cc1nn(CC(F)F)c2nc(C(C)C)ncc12. The third-order valence-electron chi connectivity index (χ3n) is 4.74. The molecule has 0 saturated heterocycles. The molecule has 0 atom stereocenters. The van der Waals surface area contributed by atoms with Crippen LogP contribution in [0.5, 0.6) is 0 Å². The minimum absolute atomic E-state index is 0.162. The summed E-state index contributed by atoms with van der Waals surface area (Å²) in [5.41, 5.74) is 1.64. The average molecular weight is 466 g/mol. The molecule has 0 unspecified atom stereocenters. The van der Waals surface area contributed by atoms with Gasteiger partial charge in [0.15, 0.2) is 11.3 Å². The lowest BCUT2D eigenvalue weighted by atomic mass is 10.2. The first-order chi connectivity index (χ1) is 15.6. The molecule has 12 heteroatoms. The summed E-state index contributed by atoms with van der Waals surface area (Å²) in [7, 11) is 0. The Balaban J connectivity index is 0.000000186. The number of nitrogens with zero attached hydrogens (tertiary/aromatic N) is 8. The number of hydrogen-bond acceptors (Lipinski definition) is 6. The van der Waals surface area contributed by atoms with Crippen LogP contribution in [0.25, 0.3) is 22.1 Å². The van der Waals surface area contributed by atoms with Crippen molar-refractivity contribution in [3.05, 3.63) is 35.9 Å². The molecular weight excluding hydrogens is 440 g/mol. The number of halogens is 4. The highest BCUT2D eigenvalue weighted by atomic mass is 19.3. The van der Waals surface area contributed by atoms with Gasteiger partial charge in [0.2, 0.25) is 0 Å². The Morgan fingerprint density at radius 2 is 1.30 bits per heavy atom. The number of hydrogen-bond donors (Lipinski definition) is 0. The summed E-state index contributed by atoms with van der Waals surface area (Å²) in [6.45, 7) is 8.73. The Bertz CT molecular complexity index is 1220. The zero-order valence-electron chi connectivity index (χ0n) is 19.0. The zero-order valence-corrected chi connectivity index (χ0v) is 19.0. The van der Waals surface area contributed by atoms with Crippen LogP contribution in [-0.4, -0.2) is 52.3 Å². The lowest BCUT2D eigenvalue weighted by Gasteiger charge is -2.05. The maximum Gasteiger partial charge on any atom is 0.258 e. The second-order valence-electron chi connectivity index (χ2n) is 8.16. The van der Waals surface area contributed by atoms with E-state index in [-0.39, 0.29) is 11.8 Å². The van der Waals surface area contributed by atoms with Crippen molar-refractivity contribution >= 4 is 22.1 Å². The van der Waals surface area contributed by atoms with Crippen molar-refractivity contribution in [3.8, 4) is 0 Å². The van der Waals surface area contributed by atoms with Gasteiger partial charge in [-0.05, 0) is 6.92 Å². The molecule has 0 amide bonds. The topological polar surface area (TPSA) is 87.2 Å². The fourth-order valence-corrected chi connectivity index (χ4v) is 3.08. The lowest BCUT2D eigenvalue weighted by Crippen LogP contribution is -2.09. The first-order valence-corrected chi connectivity index (χ1v) is 10.5. The van der Waals surface area contributed by atoms with Crippen molar-refractivity contribution in [3.63, 3.8) is 0 Å². The molecule has 0 aliphatic carbocycles. The number of aromatic nitrogens is 8. The second kappa shape index (κ2) is 10.2. The monoisotopic (exact) mass is 466 g/mol. The molecule has 0 spiro atoms. The summed E-state index contributed by atoms with van der Waals surface area (Å²) < 4.78 is 51.9. The number of rotatable bonds is 6. The molecule has 0 aliphatic heterocycles. The summed E-state index contributed by atoms with van der Waals surface area (Å²) in [4.78, 5) is 16.9. The van der Waals surface area contributed by atoms with Gasteiger partial charge in [-0.1, -0.05) is 27.7 Å². The van der Waals surface area contributed by atoms with Gasteiger partial charge in [0, 0.05) is 24.2 Å². The Labute approximate surface area is 188 Å². The van der Waals surface area contributed by atoms with E-state index in [9.17, 15) is 17.6 Å². The standard InChI is InChI=1S/C11H14F2N4.C10H12F2N4/c1-6(2)10-14-4-8-7(3)16-17(5-9(12)13)11(8)15-10;1-6(2)9-13-3-7-4-14-16(5-8(11)12)10(7)15-9/h4,6,9H,5H2,1-3H3;3-4,6,8H,5H2,1-2H3. The van der Waals surface area contributed by atoms with Crippen LogP contribution >= 0.6 is 0 Å². The molecule has 4 heterocycles. The van der Waals surface area contributed by atoms with Gasteiger partial charge in [0.25, 0.3) is 12.9 Å². The Hall–Kier alpha value is -3.18. The third kappa shape index (κ3) is 5.79. The van der Waals surface area contributed by atoms with E-state index in [0.717, 1.165) is 5.39 Å². The van der Waals surface area contributed by atoms with Crippen molar-refractivity contribution in [2.75, 3.05) is 0 Å². The van der Waals surface area contributed by atoms with E-state index in [0.29, 0.717) is 34.0 Å². The fourth-order valence-electron chi connectivity index (χ4n) is 3.08. The lowest BCUT2D eigenvalue weighted by molar-refractivity contribution is 0.122. The van der Waals surface area contributed by atoms with E-state index >= 15 is 0 Å². The number of fused-ring (bicyclic) bond motifs is 2. The summed E-state index contributed by atoms with van der Waals surface area (Å²) >= 11 is 0. The van der Waals surface area contributed by atoms with Crippen molar-refractivity contribution in [2.45, 2.75) is 72.4 Å². The molecule has 0 aromatic carbocycles. The largest absolute Gasteiger partial charge is 0.258 e. The predicted octanol–water partition coefficient (Wildman–Crippen LogP) is 4.74. The molecule has 33 heavy (non-hydrogen) atoms. The minimum Gasteiger partial charge on any atom is -0.241 e. The van der Waals surface area contributed by atoms with Crippen molar-refractivity contribution in [1.29, 1.82) is 0 Å². The van der Waals surface area contributed by atoms with E-state index < -0.39 is 25.9 Å². The van der Waals surface area contributed by atoms with Crippen molar-refractivity contribution < 1.29 is 17.6 Å². The third-order valence-corrected chi connectivity index (χ3v) is 4.74. The predicted molar refractivity (Wildman–Crippen MR) is 116 cm³/mol. The first kappa shape index (κ1) is 24.5. The molecule has 0 aliphatic rings. The van der Waals surface area contributed by atoms with Gasteiger partial charge < -0.3 is 0 Å². The second-order valence-corrected chi connectivity index (χ2v) is 8.16. The van der Waals surface area contributed by atoms with Crippen LogP contribution in [-0.2, 0) is 13.1 Å². The summed E-state index contributed by atoms with van der Waals surface area (Å²) in [6.07, 6.45) is -0.0910. The van der Waals surface area contributed by atoms with Crippen LogP contribution < -0.4 is 0 Å². The Morgan fingerprint density at radius 3 is 1.88 bits per heavy atom. The van der Waals surface area contributed by atoms with Crippen LogP contribution in [0.2, 0.25) is 0 Å². The van der Waals surface area contributed by atoms with E-state index in [1.54, 1.807) is 19.3 Å². The van der Waals surface area contributed by atoms with E-state index in [1.807, 2.05) is 27.7 Å². The molecule has 0 bridgehead atoms. The summed E-state index contributed by atoms with van der Waals surface area (Å²) in [5, 5.41) is 9.35. The molecular formula is C21H26F4N8. The molecule has 0 fully saturated rings.